The number of halogens is 2. The third kappa shape index (κ3) is 3.74. The highest BCUT2D eigenvalue weighted by Gasteiger charge is 2.17. The Kier molecular flexibility index (Phi) is 4.53. The van der Waals surface area contributed by atoms with Crippen molar-refractivity contribution < 1.29 is 12.8 Å². The third-order valence-electron chi connectivity index (χ3n) is 2.81. The van der Waals surface area contributed by atoms with Crippen molar-refractivity contribution in [3.63, 3.8) is 0 Å². The fraction of sp³-hybridized carbons (Fsp3) is 0.143. The molecule has 0 amide bonds. The molecule has 7 heteroatoms. The van der Waals surface area contributed by atoms with Gasteiger partial charge in [0.25, 0.3) is 10.0 Å². The topological polar surface area (TPSA) is 49.4 Å². The normalized spacial score (nSPS) is 11.2. The first-order chi connectivity index (χ1) is 9.79. The maximum absolute atomic E-state index is 13.4. The zero-order chi connectivity index (χ0) is 15.6. The van der Waals surface area contributed by atoms with E-state index in [0.29, 0.717) is 5.69 Å². The largest absolute Gasteiger partial charge is 0.376 e. The van der Waals surface area contributed by atoms with Gasteiger partial charge in [0, 0.05) is 24.6 Å². The molecule has 21 heavy (non-hydrogen) atoms. The molecule has 0 spiro atoms. The van der Waals surface area contributed by atoms with E-state index in [1.54, 1.807) is 31.1 Å². The van der Waals surface area contributed by atoms with Crippen molar-refractivity contribution in [1.29, 1.82) is 0 Å². The zero-order valence-electron chi connectivity index (χ0n) is 11.5. The molecule has 0 aliphatic carbocycles. The average Bonchev–Trinajstić information content (AvgIpc) is 2.38. The van der Waals surface area contributed by atoms with Crippen LogP contribution in [0.4, 0.5) is 15.8 Å². The van der Waals surface area contributed by atoms with Gasteiger partial charge in [0.1, 0.15) is 5.82 Å². The Bertz CT molecular complexity index is 746. The van der Waals surface area contributed by atoms with Gasteiger partial charge in [-0.1, -0.05) is 15.9 Å². The Morgan fingerprint density at radius 2 is 1.71 bits per heavy atom. The number of anilines is 2. The fourth-order valence-electron chi connectivity index (χ4n) is 1.80. The van der Waals surface area contributed by atoms with Crippen LogP contribution in [0.1, 0.15) is 0 Å². The molecular weight excluding hydrogens is 359 g/mol. The quantitative estimate of drug-likeness (QED) is 0.893. The van der Waals surface area contributed by atoms with Gasteiger partial charge in [-0.3, -0.25) is 4.72 Å². The first-order valence-electron chi connectivity index (χ1n) is 6.05. The standard InChI is InChI=1S/C14H14BrFN2O2S/c1-18(2)14-8-5-11(16)9-13(14)17-21(19,20)12-6-3-10(15)4-7-12/h3-9,17H,1-2H3. The van der Waals surface area contributed by atoms with E-state index in [4.69, 9.17) is 0 Å². The van der Waals surface area contributed by atoms with Gasteiger partial charge < -0.3 is 4.90 Å². The lowest BCUT2D eigenvalue weighted by molar-refractivity contribution is 0.601. The van der Waals surface area contributed by atoms with Crippen LogP contribution in [0.2, 0.25) is 0 Å². The molecule has 0 bridgehead atoms. The third-order valence-corrected chi connectivity index (χ3v) is 4.72. The Morgan fingerprint density at radius 3 is 2.29 bits per heavy atom. The molecule has 2 aromatic rings. The summed E-state index contributed by atoms with van der Waals surface area (Å²) < 4.78 is 41.2. The summed E-state index contributed by atoms with van der Waals surface area (Å²) in [6, 6.07) is 10.2. The van der Waals surface area contributed by atoms with Crippen molar-refractivity contribution in [1.82, 2.24) is 0 Å². The van der Waals surface area contributed by atoms with Crippen molar-refractivity contribution in [2.45, 2.75) is 4.90 Å². The molecule has 0 aliphatic rings. The van der Waals surface area contributed by atoms with Crippen molar-refractivity contribution in [3.8, 4) is 0 Å². The van der Waals surface area contributed by atoms with E-state index < -0.39 is 15.8 Å². The summed E-state index contributed by atoms with van der Waals surface area (Å²) in [6.07, 6.45) is 0. The predicted molar refractivity (Wildman–Crippen MR) is 85.7 cm³/mol. The lowest BCUT2D eigenvalue weighted by Crippen LogP contribution is -2.17. The molecular formula is C14H14BrFN2O2S. The highest BCUT2D eigenvalue weighted by molar-refractivity contribution is 9.10. The molecule has 112 valence electrons. The van der Waals surface area contributed by atoms with Gasteiger partial charge in [0.2, 0.25) is 0 Å². The average molecular weight is 373 g/mol. The molecule has 0 atom stereocenters. The van der Waals surface area contributed by atoms with Gasteiger partial charge >= 0.3 is 0 Å². The summed E-state index contributed by atoms with van der Waals surface area (Å²) in [7, 11) is -0.258. The summed E-state index contributed by atoms with van der Waals surface area (Å²) in [5.74, 6) is -0.505. The van der Waals surface area contributed by atoms with Crippen LogP contribution >= 0.6 is 15.9 Å². The number of rotatable bonds is 4. The van der Waals surface area contributed by atoms with Gasteiger partial charge in [0.15, 0.2) is 0 Å². The van der Waals surface area contributed by atoms with Gasteiger partial charge in [-0.05, 0) is 36.4 Å². The molecule has 0 unspecified atom stereocenters. The van der Waals surface area contributed by atoms with Crippen LogP contribution in [0, 0.1) is 5.82 Å². The second-order valence-corrected chi connectivity index (χ2v) is 7.21. The van der Waals surface area contributed by atoms with Crippen LogP contribution in [-0.4, -0.2) is 22.5 Å². The maximum atomic E-state index is 13.4. The van der Waals surface area contributed by atoms with E-state index in [-0.39, 0.29) is 10.6 Å². The maximum Gasteiger partial charge on any atom is 0.261 e. The monoisotopic (exact) mass is 372 g/mol. The van der Waals surface area contributed by atoms with Crippen LogP contribution in [0.5, 0.6) is 0 Å². The highest BCUT2D eigenvalue weighted by Crippen LogP contribution is 2.28. The Hall–Kier alpha value is -1.60. The summed E-state index contributed by atoms with van der Waals surface area (Å²) >= 11 is 3.25. The number of hydrogen-bond acceptors (Lipinski definition) is 3. The van der Waals surface area contributed by atoms with E-state index >= 15 is 0 Å². The second kappa shape index (κ2) is 6.03. The number of nitrogens with zero attached hydrogens (tertiary/aromatic N) is 1. The Morgan fingerprint density at radius 1 is 1.10 bits per heavy atom. The minimum Gasteiger partial charge on any atom is -0.376 e. The van der Waals surface area contributed by atoms with E-state index in [2.05, 4.69) is 20.7 Å². The van der Waals surface area contributed by atoms with Gasteiger partial charge in [-0.25, -0.2) is 12.8 Å². The molecule has 0 heterocycles. The molecule has 0 fully saturated rings. The predicted octanol–water partition coefficient (Wildman–Crippen LogP) is 3.46. The summed E-state index contributed by atoms with van der Waals surface area (Å²) in [4.78, 5) is 1.82. The highest BCUT2D eigenvalue weighted by atomic mass is 79.9. The van der Waals surface area contributed by atoms with Crippen LogP contribution in [0.3, 0.4) is 0 Å². The van der Waals surface area contributed by atoms with Crippen LogP contribution in [0.15, 0.2) is 51.8 Å². The summed E-state index contributed by atoms with van der Waals surface area (Å²) in [6.45, 7) is 0. The van der Waals surface area contributed by atoms with Gasteiger partial charge in [0.05, 0.1) is 16.3 Å². The number of sulfonamides is 1. The van der Waals surface area contributed by atoms with E-state index in [1.807, 2.05) is 0 Å². The SMILES string of the molecule is CN(C)c1ccc(F)cc1NS(=O)(=O)c1ccc(Br)cc1. The smallest absolute Gasteiger partial charge is 0.261 e. The number of hydrogen-bond donors (Lipinski definition) is 1. The lowest BCUT2D eigenvalue weighted by atomic mass is 10.2. The zero-order valence-corrected chi connectivity index (χ0v) is 13.9. The Labute approximate surface area is 131 Å². The molecule has 0 aliphatic heterocycles. The molecule has 0 aromatic heterocycles. The molecule has 0 saturated carbocycles. The van der Waals surface area contributed by atoms with Crippen molar-refractivity contribution in [2.24, 2.45) is 0 Å². The minimum absolute atomic E-state index is 0.111. The molecule has 2 rings (SSSR count). The van der Waals surface area contributed by atoms with Gasteiger partial charge in [-0.2, -0.15) is 0 Å². The van der Waals surface area contributed by atoms with Crippen LogP contribution < -0.4 is 9.62 Å². The van der Waals surface area contributed by atoms with Crippen molar-refractivity contribution >= 4 is 37.3 Å². The van der Waals surface area contributed by atoms with E-state index in [1.165, 1.54) is 24.3 Å². The number of nitrogens with one attached hydrogen (secondary N) is 1. The first-order valence-corrected chi connectivity index (χ1v) is 8.32. The second-order valence-electron chi connectivity index (χ2n) is 4.62. The molecule has 4 nitrogen and oxygen atoms in total. The van der Waals surface area contributed by atoms with E-state index in [0.717, 1.165) is 10.5 Å². The molecule has 1 N–H and O–H groups in total. The fourth-order valence-corrected chi connectivity index (χ4v) is 3.13. The van der Waals surface area contributed by atoms with Gasteiger partial charge in [-0.15, -0.1) is 0 Å². The number of benzene rings is 2. The molecule has 0 radical (unpaired) electrons. The first kappa shape index (κ1) is 15.8. The van der Waals surface area contributed by atoms with E-state index in [9.17, 15) is 12.8 Å². The lowest BCUT2D eigenvalue weighted by Gasteiger charge is -2.18. The molecule has 2 aromatic carbocycles. The minimum atomic E-state index is -3.77. The van der Waals surface area contributed by atoms with Crippen LogP contribution in [0.25, 0.3) is 0 Å². The van der Waals surface area contributed by atoms with Crippen LogP contribution in [-0.2, 0) is 10.0 Å². The summed E-state index contributed by atoms with van der Waals surface area (Å²) in [5.41, 5.74) is 0.778. The van der Waals surface area contributed by atoms with Crippen molar-refractivity contribution in [3.05, 3.63) is 52.8 Å². The Balaban J connectivity index is 2.41. The van der Waals surface area contributed by atoms with Crippen molar-refractivity contribution in [2.75, 3.05) is 23.7 Å². The summed E-state index contributed by atoms with van der Waals surface area (Å²) in [5, 5.41) is 0. The molecule has 0 saturated heterocycles.